The molecule has 1 aliphatic carbocycles. The lowest BCUT2D eigenvalue weighted by Gasteiger charge is -2.19. The molecule has 2 nitrogen and oxygen atoms in total. The van der Waals surface area contributed by atoms with Crippen molar-refractivity contribution >= 4 is 21.8 Å². The van der Waals surface area contributed by atoms with E-state index in [1.54, 1.807) is 0 Å². The number of nitrogens with one attached hydrogen (secondary N) is 1. The highest BCUT2D eigenvalue weighted by atomic mass is 79.9. The number of halogens is 1. The monoisotopic (exact) mass is 309 g/mol. The second kappa shape index (κ2) is 5.87. The van der Waals surface area contributed by atoms with Gasteiger partial charge in [0.25, 0.3) is 5.91 Å². The molecule has 1 aliphatic rings. The van der Waals surface area contributed by atoms with E-state index in [1.807, 2.05) is 26.0 Å². The molecule has 2 unspecified atom stereocenters. The summed E-state index contributed by atoms with van der Waals surface area (Å²) in [4.78, 5) is 12.2. The molecule has 0 aliphatic heterocycles. The van der Waals surface area contributed by atoms with Crippen LogP contribution in [0.3, 0.4) is 0 Å². The fourth-order valence-electron chi connectivity index (χ4n) is 2.77. The summed E-state index contributed by atoms with van der Waals surface area (Å²) in [5, 5.41) is 4.16. The Bertz CT molecular complexity index is 424. The molecule has 2 atom stereocenters. The molecule has 0 radical (unpaired) electrons. The van der Waals surface area contributed by atoms with Crippen molar-refractivity contribution in [3.05, 3.63) is 34.9 Å². The molecule has 2 rings (SSSR count). The first-order valence-corrected chi connectivity index (χ1v) is 7.67. The molecule has 98 valence electrons. The lowest BCUT2D eigenvalue weighted by atomic mass is 10.0. The largest absolute Gasteiger partial charge is 0.349 e. The van der Waals surface area contributed by atoms with Gasteiger partial charge in [-0.2, -0.15) is 0 Å². The Labute approximate surface area is 117 Å². The van der Waals surface area contributed by atoms with Crippen LogP contribution in [0.4, 0.5) is 0 Å². The van der Waals surface area contributed by atoms with Crippen molar-refractivity contribution in [3.8, 4) is 0 Å². The molecule has 0 aromatic heterocycles. The van der Waals surface area contributed by atoms with E-state index in [4.69, 9.17) is 0 Å². The zero-order valence-corrected chi connectivity index (χ0v) is 12.6. The SMILES string of the molecule is Cc1cc(C)cc(C(=O)NC2CCCC2CBr)c1. The topological polar surface area (TPSA) is 29.1 Å². The van der Waals surface area contributed by atoms with Crippen LogP contribution in [0.25, 0.3) is 0 Å². The first-order valence-electron chi connectivity index (χ1n) is 6.55. The first-order chi connectivity index (χ1) is 8.60. The number of aryl methyl sites for hydroxylation is 2. The Kier molecular flexibility index (Phi) is 4.44. The molecule has 1 fully saturated rings. The van der Waals surface area contributed by atoms with Gasteiger partial charge < -0.3 is 5.32 Å². The van der Waals surface area contributed by atoms with Gasteiger partial charge in [0.2, 0.25) is 0 Å². The molecule has 18 heavy (non-hydrogen) atoms. The molecule has 0 saturated heterocycles. The second-order valence-electron chi connectivity index (χ2n) is 5.30. The third-order valence-corrected chi connectivity index (χ3v) is 4.49. The molecule has 1 saturated carbocycles. The molecule has 1 aromatic carbocycles. The van der Waals surface area contributed by atoms with Gasteiger partial charge in [-0.25, -0.2) is 0 Å². The zero-order valence-electron chi connectivity index (χ0n) is 11.0. The van der Waals surface area contributed by atoms with Crippen molar-refractivity contribution in [1.29, 1.82) is 0 Å². The molecule has 0 spiro atoms. The number of carbonyl (C=O) groups is 1. The maximum Gasteiger partial charge on any atom is 0.251 e. The normalized spacial score (nSPS) is 23.1. The highest BCUT2D eigenvalue weighted by Gasteiger charge is 2.27. The highest BCUT2D eigenvalue weighted by molar-refractivity contribution is 9.09. The summed E-state index contributed by atoms with van der Waals surface area (Å²) in [6.07, 6.45) is 3.53. The number of carbonyl (C=O) groups excluding carboxylic acids is 1. The van der Waals surface area contributed by atoms with Gasteiger partial charge in [0, 0.05) is 16.9 Å². The van der Waals surface area contributed by atoms with Crippen molar-refractivity contribution in [2.45, 2.75) is 39.2 Å². The predicted molar refractivity (Wildman–Crippen MR) is 78.3 cm³/mol. The maximum atomic E-state index is 12.2. The van der Waals surface area contributed by atoms with Crippen molar-refractivity contribution in [3.63, 3.8) is 0 Å². The molecule has 1 aromatic rings. The summed E-state index contributed by atoms with van der Waals surface area (Å²) in [5.41, 5.74) is 3.07. The summed E-state index contributed by atoms with van der Waals surface area (Å²) in [5.74, 6) is 0.652. The van der Waals surface area contributed by atoms with Crippen LogP contribution in [-0.2, 0) is 0 Å². The number of hydrogen-bond donors (Lipinski definition) is 1. The fraction of sp³-hybridized carbons (Fsp3) is 0.533. The molecule has 1 N–H and O–H groups in total. The maximum absolute atomic E-state index is 12.2. The molecule has 1 amide bonds. The lowest BCUT2D eigenvalue weighted by Crippen LogP contribution is -2.37. The Balaban J connectivity index is 2.07. The van der Waals surface area contributed by atoms with Crippen LogP contribution in [0.5, 0.6) is 0 Å². The van der Waals surface area contributed by atoms with E-state index in [0.29, 0.717) is 12.0 Å². The number of rotatable bonds is 3. The van der Waals surface area contributed by atoms with Gasteiger partial charge in [-0.15, -0.1) is 0 Å². The third kappa shape index (κ3) is 3.14. The van der Waals surface area contributed by atoms with Gasteiger partial charge in [-0.1, -0.05) is 39.5 Å². The quantitative estimate of drug-likeness (QED) is 0.849. The highest BCUT2D eigenvalue weighted by Crippen LogP contribution is 2.27. The van der Waals surface area contributed by atoms with Crippen LogP contribution in [0.1, 0.15) is 40.7 Å². The smallest absolute Gasteiger partial charge is 0.251 e. The van der Waals surface area contributed by atoms with E-state index in [2.05, 4.69) is 27.3 Å². The number of benzene rings is 1. The summed E-state index contributed by atoms with van der Waals surface area (Å²) in [7, 11) is 0. The van der Waals surface area contributed by atoms with Gasteiger partial charge in [0.15, 0.2) is 0 Å². The van der Waals surface area contributed by atoms with Crippen LogP contribution < -0.4 is 5.32 Å². The van der Waals surface area contributed by atoms with E-state index < -0.39 is 0 Å². The summed E-state index contributed by atoms with van der Waals surface area (Å²) >= 11 is 3.53. The van der Waals surface area contributed by atoms with E-state index in [-0.39, 0.29) is 5.91 Å². The van der Waals surface area contributed by atoms with Crippen molar-refractivity contribution in [2.24, 2.45) is 5.92 Å². The molecule has 0 bridgehead atoms. The summed E-state index contributed by atoms with van der Waals surface area (Å²) in [6, 6.07) is 6.34. The standard InChI is InChI=1S/C15H20BrNO/c1-10-6-11(2)8-13(7-10)15(18)17-14-5-3-4-12(14)9-16/h6-8,12,14H,3-5,9H2,1-2H3,(H,17,18). The van der Waals surface area contributed by atoms with Crippen LogP contribution in [0.2, 0.25) is 0 Å². The Hall–Kier alpha value is -0.830. The van der Waals surface area contributed by atoms with Crippen LogP contribution in [0, 0.1) is 19.8 Å². The van der Waals surface area contributed by atoms with E-state index >= 15 is 0 Å². The van der Waals surface area contributed by atoms with Crippen molar-refractivity contribution in [1.82, 2.24) is 5.32 Å². The van der Waals surface area contributed by atoms with Crippen LogP contribution >= 0.6 is 15.9 Å². The third-order valence-electron chi connectivity index (χ3n) is 3.66. The average Bonchev–Trinajstić information content (AvgIpc) is 2.75. The van der Waals surface area contributed by atoms with Gasteiger partial charge in [0.1, 0.15) is 0 Å². The Morgan fingerprint density at radius 2 is 1.94 bits per heavy atom. The molecule has 3 heteroatoms. The summed E-state index contributed by atoms with van der Waals surface area (Å²) in [6.45, 7) is 4.06. The number of amides is 1. The zero-order chi connectivity index (χ0) is 13.1. The minimum Gasteiger partial charge on any atom is -0.349 e. The molecular weight excluding hydrogens is 290 g/mol. The van der Waals surface area contributed by atoms with Gasteiger partial charge in [-0.05, 0) is 44.7 Å². The second-order valence-corrected chi connectivity index (χ2v) is 5.95. The van der Waals surface area contributed by atoms with Gasteiger partial charge >= 0.3 is 0 Å². The number of alkyl halides is 1. The fourth-order valence-corrected chi connectivity index (χ4v) is 3.54. The first kappa shape index (κ1) is 13.6. The molecule has 0 heterocycles. The number of hydrogen-bond acceptors (Lipinski definition) is 1. The van der Waals surface area contributed by atoms with Crippen molar-refractivity contribution in [2.75, 3.05) is 5.33 Å². The van der Waals surface area contributed by atoms with E-state index in [0.717, 1.165) is 28.4 Å². The minimum absolute atomic E-state index is 0.0691. The van der Waals surface area contributed by atoms with Gasteiger partial charge in [0.05, 0.1) is 0 Å². The Morgan fingerprint density at radius 3 is 2.56 bits per heavy atom. The molecular formula is C15H20BrNO. The minimum atomic E-state index is 0.0691. The van der Waals surface area contributed by atoms with E-state index in [1.165, 1.54) is 12.8 Å². The van der Waals surface area contributed by atoms with Crippen LogP contribution in [-0.4, -0.2) is 17.3 Å². The van der Waals surface area contributed by atoms with Crippen LogP contribution in [0.15, 0.2) is 18.2 Å². The average molecular weight is 310 g/mol. The predicted octanol–water partition coefficient (Wildman–Crippen LogP) is 3.60. The van der Waals surface area contributed by atoms with E-state index in [9.17, 15) is 4.79 Å². The Morgan fingerprint density at radius 1 is 1.28 bits per heavy atom. The van der Waals surface area contributed by atoms with Crippen molar-refractivity contribution < 1.29 is 4.79 Å². The summed E-state index contributed by atoms with van der Waals surface area (Å²) < 4.78 is 0. The van der Waals surface area contributed by atoms with Gasteiger partial charge in [-0.3, -0.25) is 4.79 Å². The lowest BCUT2D eigenvalue weighted by molar-refractivity contribution is 0.0930.